The maximum atomic E-state index is 13.8. The second-order valence-electron chi connectivity index (χ2n) is 4.38. The summed E-state index contributed by atoms with van der Waals surface area (Å²) in [4.78, 5) is 0. The molecule has 0 aliphatic rings. The fourth-order valence-electron chi connectivity index (χ4n) is 1.90. The van der Waals surface area contributed by atoms with E-state index in [1.165, 1.54) is 13.2 Å². The molecule has 0 bridgehead atoms. The van der Waals surface area contributed by atoms with Gasteiger partial charge in [0, 0.05) is 16.1 Å². The first-order chi connectivity index (χ1) is 9.51. The molecule has 0 spiro atoms. The molecule has 1 atom stereocenters. The Labute approximate surface area is 127 Å². The average Bonchev–Trinajstić information content (AvgIpc) is 2.43. The molecule has 0 aliphatic heterocycles. The molecule has 1 unspecified atom stereocenters. The second-order valence-corrected chi connectivity index (χ2v) is 5.22. The van der Waals surface area contributed by atoms with Crippen LogP contribution in [0, 0.1) is 5.82 Å². The monoisotopic (exact) mass is 313 g/mol. The van der Waals surface area contributed by atoms with Crippen LogP contribution >= 0.6 is 23.2 Å². The van der Waals surface area contributed by atoms with Crippen molar-refractivity contribution in [2.24, 2.45) is 0 Å². The van der Waals surface area contributed by atoms with Crippen LogP contribution in [0.25, 0.3) is 0 Å². The highest BCUT2D eigenvalue weighted by Gasteiger charge is 2.13. The van der Waals surface area contributed by atoms with E-state index in [0.717, 1.165) is 5.56 Å². The van der Waals surface area contributed by atoms with E-state index < -0.39 is 0 Å². The Balaban J connectivity index is 2.27. The van der Waals surface area contributed by atoms with Crippen molar-refractivity contribution in [3.63, 3.8) is 0 Å². The molecule has 1 N–H and O–H groups in total. The van der Waals surface area contributed by atoms with Gasteiger partial charge in [0.15, 0.2) is 0 Å². The van der Waals surface area contributed by atoms with Gasteiger partial charge >= 0.3 is 0 Å². The summed E-state index contributed by atoms with van der Waals surface area (Å²) < 4.78 is 18.9. The summed E-state index contributed by atoms with van der Waals surface area (Å²) in [6, 6.07) is 9.53. The molecule has 0 saturated heterocycles. The predicted octanol–water partition coefficient (Wildman–Crippen LogP) is 5.31. The molecule has 2 rings (SSSR count). The number of nitrogens with one attached hydrogen (secondary N) is 1. The quantitative estimate of drug-likeness (QED) is 0.825. The van der Waals surface area contributed by atoms with Crippen LogP contribution in [0.1, 0.15) is 18.5 Å². The number of anilines is 1. The number of methoxy groups -OCH3 is 1. The van der Waals surface area contributed by atoms with E-state index in [4.69, 9.17) is 27.9 Å². The minimum atomic E-state index is -0.351. The molecular weight excluding hydrogens is 300 g/mol. The third-order valence-electron chi connectivity index (χ3n) is 2.97. The minimum absolute atomic E-state index is 0.192. The second kappa shape index (κ2) is 6.33. The number of halogens is 3. The highest BCUT2D eigenvalue weighted by atomic mass is 35.5. The summed E-state index contributed by atoms with van der Waals surface area (Å²) in [5.41, 5.74) is 1.16. The van der Waals surface area contributed by atoms with Gasteiger partial charge in [0.05, 0.1) is 18.8 Å². The average molecular weight is 314 g/mol. The smallest absolute Gasteiger partial charge is 0.146 e. The number of rotatable bonds is 4. The van der Waals surface area contributed by atoms with Gasteiger partial charge < -0.3 is 10.1 Å². The number of ether oxygens (including phenoxy) is 1. The Bertz CT molecular complexity index is 619. The zero-order valence-corrected chi connectivity index (χ0v) is 12.6. The van der Waals surface area contributed by atoms with Crippen LogP contribution in [0.2, 0.25) is 10.0 Å². The van der Waals surface area contributed by atoms with E-state index in [1.54, 1.807) is 30.3 Å². The number of hydrogen-bond donors (Lipinski definition) is 1. The summed E-state index contributed by atoms with van der Waals surface area (Å²) in [5, 5.41) is 4.24. The number of benzene rings is 2. The van der Waals surface area contributed by atoms with Crippen LogP contribution in [-0.4, -0.2) is 7.11 Å². The Morgan fingerprint density at radius 3 is 2.60 bits per heavy atom. The summed E-state index contributed by atoms with van der Waals surface area (Å²) in [6.07, 6.45) is 0. The van der Waals surface area contributed by atoms with Crippen molar-refractivity contribution in [3.05, 3.63) is 57.8 Å². The lowest BCUT2D eigenvalue weighted by Gasteiger charge is -2.18. The van der Waals surface area contributed by atoms with Gasteiger partial charge in [0.2, 0.25) is 0 Å². The fraction of sp³-hybridized carbons (Fsp3) is 0.200. The van der Waals surface area contributed by atoms with E-state index in [0.29, 0.717) is 21.5 Å². The van der Waals surface area contributed by atoms with Gasteiger partial charge in [-0.2, -0.15) is 0 Å². The van der Waals surface area contributed by atoms with E-state index in [2.05, 4.69) is 5.32 Å². The molecule has 2 aromatic carbocycles. The minimum Gasteiger partial charge on any atom is -0.497 e. The lowest BCUT2D eigenvalue weighted by Crippen LogP contribution is -2.08. The first-order valence-electron chi connectivity index (χ1n) is 6.06. The molecule has 2 aromatic rings. The molecule has 20 heavy (non-hydrogen) atoms. The lowest BCUT2D eigenvalue weighted by atomic mass is 10.1. The van der Waals surface area contributed by atoms with Crippen LogP contribution < -0.4 is 10.1 Å². The molecule has 2 nitrogen and oxygen atoms in total. The van der Waals surface area contributed by atoms with Crippen molar-refractivity contribution < 1.29 is 9.13 Å². The van der Waals surface area contributed by atoms with E-state index in [-0.39, 0.29) is 11.9 Å². The molecule has 106 valence electrons. The molecule has 0 amide bonds. The van der Waals surface area contributed by atoms with Gasteiger partial charge in [-0.05, 0) is 42.8 Å². The Hall–Kier alpha value is -1.45. The third-order valence-corrected chi connectivity index (χ3v) is 3.55. The van der Waals surface area contributed by atoms with Crippen molar-refractivity contribution in [1.82, 2.24) is 0 Å². The maximum Gasteiger partial charge on any atom is 0.146 e. The van der Waals surface area contributed by atoms with Gasteiger partial charge in [0.1, 0.15) is 11.6 Å². The SMILES string of the molecule is COc1ccc(F)c(NC(C)c2cc(Cl)ccc2Cl)c1. The zero-order chi connectivity index (χ0) is 14.7. The van der Waals surface area contributed by atoms with E-state index in [1.807, 2.05) is 6.92 Å². The van der Waals surface area contributed by atoms with Gasteiger partial charge in [-0.25, -0.2) is 4.39 Å². The topological polar surface area (TPSA) is 21.3 Å². The van der Waals surface area contributed by atoms with Crippen LogP contribution in [0.3, 0.4) is 0 Å². The Morgan fingerprint density at radius 1 is 1.15 bits per heavy atom. The molecule has 0 fully saturated rings. The molecule has 0 saturated carbocycles. The van der Waals surface area contributed by atoms with Crippen LogP contribution in [0.5, 0.6) is 5.75 Å². The first kappa shape index (κ1) is 14.9. The summed E-state index contributed by atoms with van der Waals surface area (Å²) in [7, 11) is 1.54. The summed E-state index contributed by atoms with van der Waals surface area (Å²) in [6.45, 7) is 1.89. The van der Waals surface area contributed by atoms with Crippen molar-refractivity contribution in [3.8, 4) is 5.75 Å². The summed E-state index contributed by atoms with van der Waals surface area (Å²) in [5.74, 6) is 0.231. The van der Waals surface area contributed by atoms with Crippen molar-refractivity contribution in [2.75, 3.05) is 12.4 Å². The van der Waals surface area contributed by atoms with Crippen LogP contribution in [0.15, 0.2) is 36.4 Å². The van der Waals surface area contributed by atoms with Crippen LogP contribution in [-0.2, 0) is 0 Å². The standard InChI is InChI=1S/C15H14Cl2FNO/c1-9(12-7-10(16)3-5-13(12)17)19-15-8-11(20-2)4-6-14(15)18/h3-9,19H,1-2H3. The maximum absolute atomic E-state index is 13.8. The van der Waals surface area contributed by atoms with Crippen molar-refractivity contribution in [1.29, 1.82) is 0 Å². The first-order valence-corrected chi connectivity index (χ1v) is 6.82. The molecule has 0 aliphatic carbocycles. The van der Waals surface area contributed by atoms with E-state index >= 15 is 0 Å². The largest absolute Gasteiger partial charge is 0.497 e. The van der Waals surface area contributed by atoms with Gasteiger partial charge in [-0.1, -0.05) is 23.2 Å². The zero-order valence-electron chi connectivity index (χ0n) is 11.1. The molecule has 0 radical (unpaired) electrons. The normalized spacial score (nSPS) is 12.1. The summed E-state index contributed by atoms with van der Waals surface area (Å²) >= 11 is 12.1. The predicted molar refractivity (Wildman–Crippen MR) is 81.5 cm³/mol. The Kier molecular flexibility index (Phi) is 4.73. The fourth-order valence-corrected chi connectivity index (χ4v) is 2.36. The highest BCUT2D eigenvalue weighted by molar-refractivity contribution is 6.33. The number of hydrogen-bond acceptors (Lipinski definition) is 2. The van der Waals surface area contributed by atoms with Gasteiger partial charge in [0.25, 0.3) is 0 Å². The van der Waals surface area contributed by atoms with Crippen molar-refractivity contribution >= 4 is 28.9 Å². The molecular formula is C15H14Cl2FNO. The highest BCUT2D eigenvalue weighted by Crippen LogP contribution is 2.30. The Morgan fingerprint density at radius 2 is 1.90 bits per heavy atom. The molecule has 0 aromatic heterocycles. The van der Waals surface area contributed by atoms with Crippen LogP contribution in [0.4, 0.5) is 10.1 Å². The van der Waals surface area contributed by atoms with Crippen molar-refractivity contribution in [2.45, 2.75) is 13.0 Å². The van der Waals surface area contributed by atoms with E-state index in [9.17, 15) is 4.39 Å². The molecule has 5 heteroatoms. The van der Waals surface area contributed by atoms with Gasteiger partial charge in [-0.3, -0.25) is 0 Å². The van der Waals surface area contributed by atoms with Gasteiger partial charge in [-0.15, -0.1) is 0 Å². The lowest BCUT2D eigenvalue weighted by molar-refractivity contribution is 0.414. The molecule has 0 heterocycles. The third kappa shape index (κ3) is 3.35.